The van der Waals surface area contributed by atoms with Gasteiger partial charge in [-0.25, -0.2) is 4.98 Å². The Morgan fingerprint density at radius 3 is 2.39 bits per heavy atom. The highest BCUT2D eigenvalue weighted by molar-refractivity contribution is 7.11. The molecule has 5 heteroatoms. The molecular weight excluding hydrogens is 246 g/mol. The molecule has 4 nitrogen and oxygen atoms in total. The molecule has 0 spiro atoms. The van der Waals surface area contributed by atoms with E-state index in [1.54, 1.807) is 11.3 Å². The van der Waals surface area contributed by atoms with Crippen LogP contribution in [0.1, 0.15) is 50.5 Å². The van der Waals surface area contributed by atoms with E-state index in [4.69, 9.17) is 5.73 Å². The van der Waals surface area contributed by atoms with Crippen molar-refractivity contribution in [3.63, 3.8) is 0 Å². The monoisotopic (exact) mass is 269 g/mol. The molecule has 1 aromatic rings. The van der Waals surface area contributed by atoms with Crippen molar-refractivity contribution in [3.8, 4) is 0 Å². The molecule has 1 amide bonds. The standard InChI is InChI=1S/C13H23N3OS/c1-8-7-15-10(18-8)9(2)16-11(17)12(3,4)13(5,6)14/h7,9H,14H2,1-6H3,(H,16,17). The molecule has 18 heavy (non-hydrogen) atoms. The number of nitrogens with zero attached hydrogens (tertiary/aromatic N) is 1. The average Bonchev–Trinajstić information content (AvgIpc) is 2.62. The predicted octanol–water partition coefficient (Wildman–Crippen LogP) is 2.39. The van der Waals surface area contributed by atoms with E-state index in [0.717, 1.165) is 9.88 Å². The molecule has 0 fully saturated rings. The number of thiazole rings is 1. The Kier molecular flexibility index (Phi) is 4.18. The average molecular weight is 269 g/mol. The van der Waals surface area contributed by atoms with Gasteiger partial charge in [-0.15, -0.1) is 11.3 Å². The van der Waals surface area contributed by atoms with Crippen molar-refractivity contribution in [2.45, 2.75) is 53.1 Å². The lowest BCUT2D eigenvalue weighted by Crippen LogP contribution is -2.55. The van der Waals surface area contributed by atoms with E-state index in [1.165, 1.54) is 0 Å². The molecule has 1 heterocycles. The Balaban J connectivity index is 2.77. The Bertz CT molecular complexity index is 432. The summed E-state index contributed by atoms with van der Waals surface area (Å²) in [4.78, 5) is 17.7. The molecule has 0 saturated carbocycles. The normalized spacial score (nSPS) is 14.4. The van der Waals surface area contributed by atoms with Crippen LogP contribution in [0.5, 0.6) is 0 Å². The van der Waals surface area contributed by atoms with E-state index in [2.05, 4.69) is 10.3 Å². The molecule has 1 atom stereocenters. The second-order valence-electron chi connectivity index (χ2n) is 5.85. The number of aromatic nitrogens is 1. The van der Waals surface area contributed by atoms with Crippen molar-refractivity contribution in [3.05, 3.63) is 16.1 Å². The molecule has 0 aliphatic carbocycles. The second-order valence-corrected chi connectivity index (χ2v) is 7.12. The third-order valence-electron chi connectivity index (χ3n) is 3.54. The zero-order valence-corrected chi connectivity index (χ0v) is 12.8. The second kappa shape index (κ2) is 4.97. The van der Waals surface area contributed by atoms with Gasteiger partial charge in [0.15, 0.2) is 0 Å². The number of nitrogens with one attached hydrogen (secondary N) is 1. The van der Waals surface area contributed by atoms with E-state index >= 15 is 0 Å². The van der Waals surface area contributed by atoms with E-state index in [1.807, 2.05) is 47.7 Å². The first kappa shape index (κ1) is 15.1. The Labute approximate surface area is 113 Å². The van der Waals surface area contributed by atoms with Gasteiger partial charge in [-0.2, -0.15) is 0 Å². The summed E-state index contributed by atoms with van der Waals surface area (Å²) in [6.45, 7) is 11.4. The van der Waals surface area contributed by atoms with Gasteiger partial charge in [0.25, 0.3) is 0 Å². The Morgan fingerprint density at radius 1 is 1.44 bits per heavy atom. The maximum atomic E-state index is 12.3. The minimum absolute atomic E-state index is 0.0460. The van der Waals surface area contributed by atoms with Gasteiger partial charge in [-0.3, -0.25) is 4.79 Å². The molecule has 102 valence electrons. The zero-order chi connectivity index (χ0) is 14.1. The Hall–Kier alpha value is -0.940. The molecule has 0 aromatic carbocycles. The first-order chi connectivity index (χ1) is 8.05. The number of hydrogen-bond donors (Lipinski definition) is 2. The van der Waals surface area contributed by atoms with Crippen LogP contribution >= 0.6 is 11.3 Å². The number of carbonyl (C=O) groups excluding carboxylic acids is 1. The highest BCUT2D eigenvalue weighted by atomic mass is 32.1. The largest absolute Gasteiger partial charge is 0.347 e. The summed E-state index contributed by atoms with van der Waals surface area (Å²) in [5, 5.41) is 3.91. The molecule has 1 aromatic heterocycles. The lowest BCUT2D eigenvalue weighted by atomic mass is 9.74. The van der Waals surface area contributed by atoms with Crippen molar-refractivity contribution in [1.82, 2.24) is 10.3 Å². The quantitative estimate of drug-likeness (QED) is 0.882. The van der Waals surface area contributed by atoms with Crippen molar-refractivity contribution in [1.29, 1.82) is 0 Å². The summed E-state index contributed by atoms with van der Waals surface area (Å²) in [7, 11) is 0. The molecule has 0 aliphatic rings. The fourth-order valence-electron chi connectivity index (χ4n) is 1.30. The summed E-state index contributed by atoms with van der Waals surface area (Å²) in [5.74, 6) is -0.0460. The molecule has 1 rings (SSSR count). The van der Waals surface area contributed by atoms with E-state index in [-0.39, 0.29) is 11.9 Å². The van der Waals surface area contributed by atoms with Gasteiger partial charge in [0, 0.05) is 16.6 Å². The number of hydrogen-bond acceptors (Lipinski definition) is 4. The zero-order valence-electron chi connectivity index (χ0n) is 12.0. The van der Waals surface area contributed by atoms with E-state index in [0.29, 0.717) is 0 Å². The highest BCUT2D eigenvalue weighted by Crippen LogP contribution is 2.29. The number of amides is 1. The van der Waals surface area contributed by atoms with Crippen LogP contribution in [-0.4, -0.2) is 16.4 Å². The molecule has 0 saturated heterocycles. The molecule has 0 bridgehead atoms. The topological polar surface area (TPSA) is 68.0 Å². The molecule has 0 aliphatic heterocycles. The maximum Gasteiger partial charge on any atom is 0.228 e. The molecule has 3 N–H and O–H groups in total. The molecular formula is C13H23N3OS. The summed E-state index contributed by atoms with van der Waals surface area (Å²) < 4.78 is 0. The Morgan fingerprint density at radius 2 is 2.00 bits per heavy atom. The number of rotatable bonds is 4. The summed E-state index contributed by atoms with van der Waals surface area (Å²) in [5.41, 5.74) is 4.85. The lowest BCUT2D eigenvalue weighted by molar-refractivity contribution is -0.132. The number of nitrogens with two attached hydrogens (primary N) is 1. The van der Waals surface area contributed by atoms with Crippen molar-refractivity contribution in [2.24, 2.45) is 11.1 Å². The fourth-order valence-corrected chi connectivity index (χ4v) is 2.08. The third kappa shape index (κ3) is 3.09. The van der Waals surface area contributed by atoms with Crippen LogP contribution in [0.3, 0.4) is 0 Å². The van der Waals surface area contributed by atoms with Crippen LogP contribution in [0, 0.1) is 12.3 Å². The van der Waals surface area contributed by atoms with Gasteiger partial charge in [0.05, 0.1) is 11.5 Å². The van der Waals surface area contributed by atoms with Gasteiger partial charge in [0.2, 0.25) is 5.91 Å². The van der Waals surface area contributed by atoms with E-state index < -0.39 is 11.0 Å². The van der Waals surface area contributed by atoms with Gasteiger partial charge < -0.3 is 11.1 Å². The van der Waals surface area contributed by atoms with E-state index in [9.17, 15) is 4.79 Å². The first-order valence-electron chi connectivity index (χ1n) is 6.08. The minimum atomic E-state index is -0.631. The predicted molar refractivity (Wildman–Crippen MR) is 75.5 cm³/mol. The smallest absolute Gasteiger partial charge is 0.228 e. The molecule has 1 unspecified atom stereocenters. The summed E-state index contributed by atoms with van der Waals surface area (Å²) in [6, 6.07) is -0.0853. The first-order valence-corrected chi connectivity index (χ1v) is 6.89. The fraction of sp³-hybridized carbons (Fsp3) is 0.692. The van der Waals surface area contributed by atoms with Gasteiger partial charge in [-0.05, 0) is 41.5 Å². The van der Waals surface area contributed by atoms with Gasteiger partial charge in [0.1, 0.15) is 5.01 Å². The third-order valence-corrected chi connectivity index (χ3v) is 4.63. The van der Waals surface area contributed by atoms with Crippen LogP contribution in [-0.2, 0) is 4.79 Å². The van der Waals surface area contributed by atoms with Gasteiger partial charge in [-0.1, -0.05) is 0 Å². The number of aryl methyl sites for hydroxylation is 1. The maximum absolute atomic E-state index is 12.3. The van der Waals surface area contributed by atoms with Crippen LogP contribution in [0.15, 0.2) is 6.20 Å². The molecule has 0 radical (unpaired) electrons. The van der Waals surface area contributed by atoms with Crippen LogP contribution in [0.4, 0.5) is 0 Å². The van der Waals surface area contributed by atoms with Crippen LogP contribution in [0.25, 0.3) is 0 Å². The lowest BCUT2D eigenvalue weighted by Gasteiger charge is -2.37. The van der Waals surface area contributed by atoms with Gasteiger partial charge >= 0.3 is 0 Å². The van der Waals surface area contributed by atoms with Crippen molar-refractivity contribution < 1.29 is 4.79 Å². The van der Waals surface area contributed by atoms with Crippen molar-refractivity contribution >= 4 is 17.2 Å². The minimum Gasteiger partial charge on any atom is -0.347 e. The summed E-state index contributed by atoms with van der Waals surface area (Å²) in [6.07, 6.45) is 1.82. The van der Waals surface area contributed by atoms with Crippen LogP contribution < -0.4 is 11.1 Å². The number of carbonyl (C=O) groups is 1. The summed E-state index contributed by atoms with van der Waals surface area (Å²) >= 11 is 1.60. The highest BCUT2D eigenvalue weighted by Gasteiger charge is 2.40. The van der Waals surface area contributed by atoms with Crippen molar-refractivity contribution in [2.75, 3.05) is 0 Å². The SMILES string of the molecule is Cc1cnc(C(C)NC(=O)C(C)(C)C(C)(C)N)s1. The van der Waals surface area contributed by atoms with Crippen LogP contribution in [0.2, 0.25) is 0 Å².